The molecule has 158 valence electrons. The molecule has 2 atom stereocenters. The van der Waals surface area contributed by atoms with Crippen LogP contribution >= 0.6 is 11.8 Å². The number of carbonyl (C=O) groups is 2. The lowest BCUT2D eigenvalue weighted by Crippen LogP contribution is -2.27. The maximum absolute atomic E-state index is 13.0. The van der Waals surface area contributed by atoms with Gasteiger partial charge in [-0.2, -0.15) is 0 Å². The van der Waals surface area contributed by atoms with E-state index < -0.39 is 0 Å². The van der Waals surface area contributed by atoms with Crippen molar-refractivity contribution in [2.45, 2.75) is 31.6 Å². The van der Waals surface area contributed by atoms with Gasteiger partial charge in [0.15, 0.2) is 0 Å². The second-order valence-electron chi connectivity index (χ2n) is 7.75. The monoisotopic (exact) mass is 430 g/mol. The normalized spacial score (nSPS) is 16.9. The van der Waals surface area contributed by atoms with Gasteiger partial charge in [-0.3, -0.25) is 14.5 Å². The molecule has 1 N–H and O–H groups in total. The number of hydrogen-bond acceptors (Lipinski definition) is 3. The van der Waals surface area contributed by atoms with Gasteiger partial charge in [-0.1, -0.05) is 67.1 Å². The van der Waals surface area contributed by atoms with Gasteiger partial charge in [-0.05, 0) is 48.7 Å². The van der Waals surface area contributed by atoms with Crippen molar-refractivity contribution in [1.82, 2.24) is 0 Å². The van der Waals surface area contributed by atoms with Crippen molar-refractivity contribution in [3.63, 3.8) is 0 Å². The molecule has 0 bridgehead atoms. The Morgan fingerprint density at radius 3 is 2.52 bits per heavy atom. The number of carbonyl (C=O) groups excluding carboxylic acids is 2. The number of anilines is 2. The summed E-state index contributed by atoms with van der Waals surface area (Å²) in [6.07, 6.45) is 0.726. The standard InChI is InChI=1S/C26H26N2O2S/c1-3-23(19-8-5-4-6-9-19)25(30)27-21-11-7-10-20(16-21)26-28(24(29)17-31-26)22-14-12-18(2)13-15-22/h4-16,23,26H,3,17H2,1-2H3,(H,27,30). The third kappa shape index (κ3) is 4.67. The molecule has 1 saturated heterocycles. The summed E-state index contributed by atoms with van der Waals surface area (Å²) in [5.74, 6) is 0.331. The maximum atomic E-state index is 13.0. The number of rotatable bonds is 6. The fraction of sp³-hybridized carbons (Fsp3) is 0.231. The summed E-state index contributed by atoms with van der Waals surface area (Å²) in [5.41, 5.74) is 4.83. The highest BCUT2D eigenvalue weighted by Gasteiger charge is 2.34. The Balaban J connectivity index is 1.55. The van der Waals surface area contributed by atoms with Crippen molar-refractivity contribution in [2.75, 3.05) is 16.0 Å². The summed E-state index contributed by atoms with van der Waals surface area (Å²) >= 11 is 1.61. The molecule has 0 radical (unpaired) electrons. The van der Waals surface area contributed by atoms with E-state index in [1.165, 1.54) is 0 Å². The van der Waals surface area contributed by atoms with Crippen molar-refractivity contribution in [1.29, 1.82) is 0 Å². The first-order valence-electron chi connectivity index (χ1n) is 10.5. The Labute approximate surface area is 187 Å². The average molecular weight is 431 g/mol. The highest BCUT2D eigenvalue weighted by Crippen LogP contribution is 2.42. The average Bonchev–Trinajstić information content (AvgIpc) is 3.17. The lowest BCUT2D eigenvalue weighted by molar-refractivity contribution is -0.118. The molecule has 1 aliphatic heterocycles. The minimum Gasteiger partial charge on any atom is -0.326 e. The van der Waals surface area contributed by atoms with E-state index >= 15 is 0 Å². The van der Waals surface area contributed by atoms with Crippen LogP contribution < -0.4 is 10.2 Å². The van der Waals surface area contributed by atoms with Crippen LogP contribution in [0.2, 0.25) is 0 Å². The predicted octanol–water partition coefficient (Wildman–Crippen LogP) is 5.91. The molecule has 4 nitrogen and oxygen atoms in total. The molecule has 0 spiro atoms. The van der Waals surface area contributed by atoms with Crippen LogP contribution in [0.5, 0.6) is 0 Å². The van der Waals surface area contributed by atoms with E-state index in [9.17, 15) is 9.59 Å². The summed E-state index contributed by atoms with van der Waals surface area (Å²) in [6, 6.07) is 25.7. The zero-order chi connectivity index (χ0) is 21.8. The summed E-state index contributed by atoms with van der Waals surface area (Å²) in [7, 11) is 0. The number of nitrogens with one attached hydrogen (secondary N) is 1. The van der Waals surface area contributed by atoms with Crippen LogP contribution in [0.1, 0.15) is 41.3 Å². The van der Waals surface area contributed by atoms with Gasteiger partial charge in [-0.15, -0.1) is 11.8 Å². The molecule has 0 aliphatic carbocycles. The lowest BCUT2D eigenvalue weighted by Gasteiger charge is -2.25. The van der Waals surface area contributed by atoms with Gasteiger partial charge in [0.05, 0.1) is 11.7 Å². The molecule has 2 unspecified atom stereocenters. The van der Waals surface area contributed by atoms with Crippen LogP contribution in [-0.4, -0.2) is 17.6 Å². The molecule has 1 heterocycles. The van der Waals surface area contributed by atoms with Crippen LogP contribution in [-0.2, 0) is 9.59 Å². The summed E-state index contributed by atoms with van der Waals surface area (Å²) in [4.78, 5) is 27.4. The molecular formula is C26H26N2O2S. The molecule has 2 amide bonds. The first-order valence-corrected chi connectivity index (χ1v) is 11.6. The Bertz CT molecular complexity index is 1070. The number of benzene rings is 3. The number of thioether (sulfide) groups is 1. The van der Waals surface area contributed by atoms with Crippen LogP contribution in [0.4, 0.5) is 11.4 Å². The van der Waals surface area contributed by atoms with E-state index in [0.29, 0.717) is 5.75 Å². The van der Waals surface area contributed by atoms with Gasteiger partial charge in [0.1, 0.15) is 5.37 Å². The van der Waals surface area contributed by atoms with E-state index in [1.807, 2.05) is 97.6 Å². The quantitative estimate of drug-likeness (QED) is 0.529. The van der Waals surface area contributed by atoms with Crippen LogP contribution in [0.25, 0.3) is 0 Å². The number of hydrogen-bond donors (Lipinski definition) is 1. The number of nitrogens with zero attached hydrogens (tertiary/aromatic N) is 1. The zero-order valence-electron chi connectivity index (χ0n) is 17.7. The zero-order valence-corrected chi connectivity index (χ0v) is 18.6. The topological polar surface area (TPSA) is 49.4 Å². The van der Waals surface area contributed by atoms with Crippen molar-refractivity contribution in [3.05, 3.63) is 95.6 Å². The molecule has 3 aromatic carbocycles. The number of amides is 2. The Morgan fingerprint density at radius 1 is 1.06 bits per heavy atom. The summed E-state index contributed by atoms with van der Waals surface area (Å²) in [5, 5.41) is 2.97. The first kappa shape index (κ1) is 21.2. The van der Waals surface area contributed by atoms with E-state index in [0.717, 1.165) is 34.5 Å². The third-order valence-corrected chi connectivity index (χ3v) is 6.76. The number of aryl methyl sites for hydroxylation is 1. The third-order valence-electron chi connectivity index (χ3n) is 5.55. The minimum absolute atomic E-state index is 0.0172. The van der Waals surface area contributed by atoms with Gasteiger partial charge in [0.2, 0.25) is 11.8 Å². The smallest absolute Gasteiger partial charge is 0.238 e. The molecule has 5 heteroatoms. The van der Waals surface area contributed by atoms with Crippen molar-refractivity contribution in [2.24, 2.45) is 0 Å². The van der Waals surface area contributed by atoms with E-state index in [1.54, 1.807) is 11.8 Å². The molecule has 1 aliphatic rings. The van der Waals surface area contributed by atoms with Gasteiger partial charge in [0, 0.05) is 11.4 Å². The predicted molar refractivity (Wildman–Crippen MR) is 128 cm³/mol. The van der Waals surface area contributed by atoms with Gasteiger partial charge < -0.3 is 5.32 Å². The molecule has 0 saturated carbocycles. The van der Waals surface area contributed by atoms with Gasteiger partial charge in [-0.25, -0.2) is 0 Å². The van der Waals surface area contributed by atoms with Crippen LogP contribution in [0, 0.1) is 6.92 Å². The second kappa shape index (κ2) is 9.40. The van der Waals surface area contributed by atoms with Gasteiger partial charge in [0.25, 0.3) is 0 Å². The summed E-state index contributed by atoms with van der Waals surface area (Å²) < 4.78 is 0. The first-order chi connectivity index (χ1) is 15.1. The summed E-state index contributed by atoms with van der Waals surface area (Å²) in [6.45, 7) is 4.06. The Morgan fingerprint density at radius 2 is 1.81 bits per heavy atom. The lowest BCUT2D eigenvalue weighted by atomic mass is 9.95. The highest BCUT2D eigenvalue weighted by atomic mass is 32.2. The van der Waals surface area contributed by atoms with E-state index in [4.69, 9.17) is 0 Å². The largest absolute Gasteiger partial charge is 0.326 e. The molecule has 4 rings (SSSR count). The molecule has 31 heavy (non-hydrogen) atoms. The highest BCUT2D eigenvalue weighted by molar-refractivity contribution is 8.00. The fourth-order valence-electron chi connectivity index (χ4n) is 3.91. The molecule has 1 fully saturated rings. The van der Waals surface area contributed by atoms with Crippen molar-refractivity contribution < 1.29 is 9.59 Å². The maximum Gasteiger partial charge on any atom is 0.238 e. The second-order valence-corrected chi connectivity index (χ2v) is 8.82. The van der Waals surface area contributed by atoms with Crippen LogP contribution in [0.15, 0.2) is 78.9 Å². The Kier molecular flexibility index (Phi) is 6.42. The van der Waals surface area contributed by atoms with Gasteiger partial charge >= 0.3 is 0 Å². The van der Waals surface area contributed by atoms with Crippen LogP contribution in [0.3, 0.4) is 0 Å². The molecule has 3 aromatic rings. The fourth-order valence-corrected chi connectivity index (χ4v) is 5.08. The molecule has 0 aromatic heterocycles. The minimum atomic E-state index is -0.198. The van der Waals surface area contributed by atoms with Crippen molar-refractivity contribution in [3.8, 4) is 0 Å². The van der Waals surface area contributed by atoms with Crippen molar-refractivity contribution >= 4 is 35.0 Å². The SMILES string of the molecule is CCC(C(=O)Nc1cccc(C2SCC(=O)N2c2ccc(C)cc2)c1)c1ccccc1. The van der Waals surface area contributed by atoms with E-state index in [-0.39, 0.29) is 23.1 Å². The Hall–Kier alpha value is -3.05. The molecular weight excluding hydrogens is 404 g/mol. The van der Waals surface area contributed by atoms with E-state index in [2.05, 4.69) is 5.32 Å².